The maximum atomic E-state index is 8.73. The van der Waals surface area contributed by atoms with Gasteiger partial charge in [-0.3, -0.25) is 0 Å². The average Bonchev–Trinajstić information content (AvgIpc) is 1.98. The fraction of sp³-hybridized carbons (Fsp3) is 0.750. The number of aliphatic hydroxyl groups is 2. The standard InChI is InChI=1S/C8H14O2/c1-2-3-4-5-6-8(10)7-9/h8-10H,2-4,7H2,1H3/t8-/m1/s1. The van der Waals surface area contributed by atoms with Crippen molar-refractivity contribution in [1.82, 2.24) is 0 Å². The van der Waals surface area contributed by atoms with Crippen molar-refractivity contribution in [3.63, 3.8) is 0 Å². The third-order valence-corrected chi connectivity index (χ3v) is 1.10. The van der Waals surface area contributed by atoms with E-state index in [1.54, 1.807) is 0 Å². The smallest absolute Gasteiger partial charge is 0.137 e. The van der Waals surface area contributed by atoms with Crippen LogP contribution in [0.5, 0.6) is 0 Å². The summed E-state index contributed by atoms with van der Waals surface area (Å²) in [6.45, 7) is 1.82. The quantitative estimate of drug-likeness (QED) is 0.446. The van der Waals surface area contributed by atoms with Crippen molar-refractivity contribution in [2.24, 2.45) is 0 Å². The number of aliphatic hydroxyl groups excluding tert-OH is 2. The van der Waals surface area contributed by atoms with Crippen LogP contribution in [0.4, 0.5) is 0 Å². The summed E-state index contributed by atoms with van der Waals surface area (Å²) in [5.74, 6) is 5.30. The molecule has 0 aliphatic rings. The van der Waals surface area contributed by atoms with E-state index in [4.69, 9.17) is 10.2 Å². The Bertz CT molecular complexity index is 121. The largest absolute Gasteiger partial charge is 0.393 e. The summed E-state index contributed by atoms with van der Waals surface area (Å²) in [7, 11) is 0. The van der Waals surface area contributed by atoms with E-state index in [9.17, 15) is 0 Å². The summed E-state index contributed by atoms with van der Waals surface area (Å²) < 4.78 is 0. The van der Waals surface area contributed by atoms with Gasteiger partial charge in [-0.2, -0.15) is 0 Å². The van der Waals surface area contributed by atoms with Gasteiger partial charge in [-0.05, 0) is 6.42 Å². The first kappa shape index (κ1) is 9.48. The van der Waals surface area contributed by atoms with Crippen molar-refractivity contribution in [2.75, 3.05) is 6.61 Å². The van der Waals surface area contributed by atoms with Gasteiger partial charge in [-0.1, -0.05) is 19.3 Å². The van der Waals surface area contributed by atoms with Crippen LogP contribution in [0.1, 0.15) is 26.2 Å². The Labute approximate surface area is 61.9 Å². The summed E-state index contributed by atoms with van der Waals surface area (Å²) in [6, 6.07) is 0. The predicted octanol–water partition coefficient (Wildman–Crippen LogP) is 0.533. The number of hydrogen-bond donors (Lipinski definition) is 2. The molecule has 0 spiro atoms. The average molecular weight is 142 g/mol. The molecule has 0 bridgehead atoms. The van der Waals surface area contributed by atoms with Crippen LogP contribution >= 0.6 is 0 Å². The number of rotatable bonds is 3. The molecule has 0 fully saturated rings. The third-order valence-electron chi connectivity index (χ3n) is 1.10. The van der Waals surface area contributed by atoms with Crippen molar-refractivity contribution < 1.29 is 10.2 Å². The third kappa shape index (κ3) is 5.61. The van der Waals surface area contributed by atoms with Gasteiger partial charge in [0.25, 0.3) is 0 Å². The molecule has 0 aliphatic carbocycles. The lowest BCUT2D eigenvalue weighted by molar-refractivity contribution is 0.138. The van der Waals surface area contributed by atoms with Gasteiger partial charge in [-0.15, -0.1) is 5.92 Å². The van der Waals surface area contributed by atoms with Crippen molar-refractivity contribution in [2.45, 2.75) is 32.3 Å². The van der Waals surface area contributed by atoms with Gasteiger partial charge in [0.15, 0.2) is 0 Å². The Morgan fingerprint density at radius 1 is 1.50 bits per heavy atom. The van der Waals surface area contributed by atoms with Gasteiger partial charge in [0, 0.05) is 6.42 Å². The molecule has 0 saturated heterocycles. The molecular weight excluding hydrogens is 128 g/mol. The van der Waals surface area contributed by atoms with E-state index >= 15 is 0 Å². The van der Waals surface area contributed by atoms with Crippen LogP contribution in [0.2, 0.25) is 0 Å². The molecule has 1 atom stereocenters. The molecule has 0 aromatic heterocycles. The van der Waals surface area contributed by atoms with E-state index in [0.29, 0.717) is 0 Å². The van der Waals surface area contributed by atoms with Crippen LogP contribution in [0.25, 0.3) is 0 Å². The summed E-state index contributed by atoms with van der Waals surface area (Å²) >= 11 is 0. The zero-order chi connectivity index (χ0) is 7.82. The first-order valence-corrected chi connectivity index (χ1v) is 3.58. The highest BCUT2D eigenvalue weighted by atomic mass is 16.3. The van der Waals surface area contributed by atoms with Crippen LogP contribution in [-0.4, -0.2) is 22.9 Å². The first-order chi connectivity index (χ1) is 4.81. The highest BCUT2D eigenvalue weighted by molar-refractivity contribution is 5.04. The topological polar surface area (TPSA) is 40.5 Å². The molecule has 2 N–H and O–H groups in total. The minimum Gasteiger partial charge on any atom is -0.393 e. The fourth-order valence-corrected chi connectivity index (χ4v) is 0.501. The lowest BCUT2D eigenvalue weighted by Gasteiger charge is -1.92. The first-order valence-electron chi connectivity index (χ1n) is 3.58. The molecule has 10 heavy (non-hydrogen) atoms. The molecule has 0 unspecified atom stereocenters. The van der Waals surface area contributed by atoms with Crippen molar-refractivity contribution in [1.29, 1.82) is 0 Å². The summed E-state index contributed by atoms with van der Waals surface area (Å²) in [5, 5.41) is 17.1. The van der Waals surface area contributed by atoms with E-state index in [2.05, 4.69) is 18.8 Å². The minimum absolute atomic E-state index is 0.265. The predicted molar refractivity (Wildman–Crippen MR) is 40.4 cm³/mol. The molecular formula is C8H14O2. The molecule has 0 heterocycles. The van der Waals surface area contributed by atoms with Crippen LogP contribution in [0, 0.1) is 11.8 Å². The normalized spacial score (nSPS) is 11.9. The maximum absolute atomic E-state index is 8.73. The molecule has 2 heteroatoms. The molecule has 2 nitrogen and oxygen atoms in total. The van der Waals surface area contributed by atoms with Crippen molar-refractivity contribution >= 4 is 0 Å². The maximum Gasteiger partial charge on any atom is 0.137 e. The van der Waals surface area contributed by atoms with E-state index in [1.807, 2.05) is 0 Å². The molecule has 0 aromatic carbocycles. The second kappa shape index (κ2) is 6.60. The van der Waals surface area contributed by atoms with Crippen LogP contribution in [0.15, 0.2) is 0 Å². The van der Waals surface area contributed by atoms with E-state index in [1.165, 1.54) is 0 Å². The van der Waals surface area contributed by atoms with Gasteiger partial charge in [0.1, 0.15) is 6.10 Å². The monoisotopic (exact) mass is 142 g/mol. The summed E-state index contributed by atoms with van der Waals surface area (Å²) in [6.07, 6.45) is 2.14. The number of hydrogen-bond acceptors (Lipinski definition) is 2. The van der Waals surface area contributed by atoms with Crippen LogP contribution in [-0.2, 0) is 0 Å². The second-order valence-corrected chi connectivity index (χ2v) is 2.12. The molecule has 0 aliphatic heterocycles. The van der Waals surface area contributed by atoms with Crippen molar-refractivity contribution in [3.8, 4) is 11.8 Å². The van der Waals surface area contributed by atoms with Crippen LogP contribution in [0.3, 0.4) is 0 Å². The van der Waals surface area contributed by atoms with Gasteiger partial charge in [0.2, 0.25) is 0 Å². The zero-order valence-electron chi connectivity index (χ0n) is 6.30. The van der Waals surface area contributed by atoms with E-state index < -0.39 is 6.10 Å². The fourth-order valence-electron chi connectivity index (χ4n) is 0.501. The van der Waals surface area contributed by atoms with Gasteiger partial charge in [-0.25, -0.2) is 0 Å². The Hall–Kier alpha value is -0.520. The summed E-state index contributed by atoms with van der Waals surface area (Å²) in [5.41, 5.74) is 0. The second-order valence-electron chi connectivity index (χ2n) is 2.12. The molecule has 0 radical (unpaired) electrons. The molecule has 0 rings (SSSR count). The van der Waals surface area contributed by atoms with Crippen molar-refractivity contribution in [3.05, 3.63) is 0 Å². The van der Waals surface area contributed by atoms with E-state index in [0.717, 1.165) is 19.3 Å². The highest BCUT2D eigenvalue weighted by Gasteiger charge is 1.90. The van der Waals surface area contributed by atoms with E-state index in [-0.39, 0.29) is 6.61 Å². The Morgan fingerprint density at radius 3 is 2.70 bits per heavy atom. The number of unbranched alkanes of at least 4 members (excludes halogenated alkanes) is 2. The van der Waals surface area contributed by atoms with Gasteiger partial charge >= 0.3 is 0 Å². The molecule has 58 valence electrons. The Morgan fingerprint density at radius 2 is 2.20 bits per heavy atom. The van der Waals surface area contributed by atoms with Gasteiger partial charge < -0.3 is 10.2 Å². The lowest BCUT2D eigenvalue weighted by atomic mass is 10.2. The molecule has 0 amide bonds. The van der Waals surface area contributed by atoms with Gasteiger partial charge in [0.05, 0.1) is 6.61 Å². The van der Waals surface area contributed by atoms with Crippen LogP contribution < -0.4 is 0 Å². The minimum atomic E-state index is -0.850. The Kier molecular flexibility index (Phi) is 6.25. The summed E-state index contributed by atoms with van der Waals surface area (Å²) in [4.78, 5) is 0. The Balaban J connectivity index is 3.29. The SMILES string of the molecule is CCCCC#C[C@@H](O)CO. The lowest BCUT2D eigenvalue weighted by Crippen LogP contribution is -2.07. The molecule has 0 saturated carbocycles. The molecule has 0 aromatic rings. The zero-order valence-corrected chi connectivity index (χ0v) is 6.30. The highest BCUT2D eigenvalue weighted by Crippen LogP contribution is 1.90.